The Hall–Kier alpha value is -3.63. The number of Topliss-reactive ketones (excluding diaryl/α,β-unsaturated/α-hetero) is 1. The molecule has 0 radical (unpaired) electrons. The summed E-state index contributed by atoms with van der Waals surface area (Å²) in [6, 6.07) is 12.4. The molecule has 2 atom stereocenters. The molecular weight excluding hydrogens is 552 g/mol. The summed E-state index contributed by atoms with van der Waals surface area (Å²) < 4.78 is 28.6. The molecule has 0 heterocycles. The van der Waals surface area contributed by atoms with E-state index in [4.69, 9.17) is 23.7 Å². The van der Waals surface area contributed by atoms with E-state index in [0.717, 1.165) is 5.56 Å². The van der Waals surface area contributed by atoms with Gasteiger partial charge in [0.2, 0.25) is 0 Å². The lowest BCUT2D eigenvalue weighted by molar-refractivity contribution is -0.160. The van der Waals surface area contributed by atoms with Crippen LogP contribution in [-0.4, -0.2) is 74.4 Å². The van der Waals surface area contributed by atoms with E-state index in [2.05, 4.69) is 5.32 Å². The van der Waals surface area contributed by atoms with Gasteiger partial charge < -0.3 is 33.9 Å². The Bertz CT molecular complexity index is 1200. The van der Waals surface area contributed by atoms with Gasteiger partial charge in [0.05, 0.1) is 45.2 Å². The quantitative estimate of drug-likeness (QED) is 0.195. The molecule has 10 heteroatoms. The number of urea groups is 1. The molecule has 10 nitrogen and oxygen atoms in total. The van der Waals surface area contributed by atoms with Gasteiger partial charge in [0, 0.05) is 26.0 Å². The van der Waals surface area contributed by atoms with Crippen LogP contribution in [0.25, 0.3) is 0 Å². The van der Waals surface area contributed by atoms with Crippen LogP contribution in [0.2, 0.25) is 0 Å². The van der Waals surface area contributed by atoms with Gasteiger partial charge in [-0.25, -0.2) is 9.59 Å². The summed E-state index contributed by atoms with van der Waals surface area (Å²) in [4.78, 5) is 41.0. The third kappa shape index (κ3) is 8.26. The summed E-state index contributed by atoms with van der Waals surface area (Å²) in [5.41, 5.74) is 0.899. The van der Waals surface area contributed by atoms with Crippen LogP contribution in [0.15, 0.2) is 42.5 Å². The fourth-order valence-corrected chi connectivity index (χ4v) is 5.40. The van der Waals surface area contributed by atoms with Crippen LogP contribution in [0, 0.1) is 0 Å². The molecule has 0 bridgehead atoms. The summed E-state index contributed by atoms with van der Waals surface area (Å²) in [6.07, 6.45) is 0.302. The highest BCUT2D eigenvalue weighted by Gasteiger charge is 2.53. The molecule has 2 aromatic carbocycles. The molecule has 236 valence electrons. The van der Waals surface area contributed by atoms with Crippen molar-refractivity contribution < 1.29 is 38.1 Å². The summed E-state index contributed by atoms with van der Waals surface area (Å²) in [6.45, 7) is 12.5. The first-order chi connectivity index (χ1) is 20.6. The predicted molar refractivity (Wildman–Crippen MR) is 163 cm³/mol. The van der Waals surface area contributed by atoms with Gasteiger partial charge in [-0.2, -0.15) is 0 Å². The number of carbonyl (C=O) groups excluding carboxylic acids is 3. The zero-order chi connectivity index (χ0) is 31.6. The lowest BCUT2D eigenvalue weighted by Crippen LogP contribution is -2.67. The molecule has 3 rings (SSSR count). The van der Waals surface area contributed by atoms with Crippen molar-refractivity contribution in [2.45, 2.75) is 78.2 Å². The van der Waals surface area contributed by atoms with Crippen LogP contribution in [0.3, 0.4) is 0 Å². The van der Waals surface area contributed by atoms with Gasteiger partial charge in [0.15, 0.2) is 5.78 Å². The van der Waals surface area contributed by atoms with E-state index >= 15 is 0 Å². The van der Waals surface area contributed by atoms with Crippen LogP contribution in [0.4, 0.5) is 4.79 Å². The molecule has 1 saturated carbocycles. The first-order valence-corrected chi connectivity index (χ1v) is 15.0. The average molecular weight is 599 g/mol. The number of methoxy groups -OCH3 is 1. The van der Waals surface area contributed by atoms with Crippen molar-refractivity contribution in [3.05, 3.63) is 59.2 Å². The zero-order valence-electron chi connectivity index (χ0n) is 26.4. The number of hydrogen-bond donors (Lipinski definition) is 1. The van der Waals surface area contributed by atoms with Gasteiger partial charge in [-0.3, -0.25) is 4.79 Å². The van der Waals surface area contributed by atoms with E-state index in [1.165, 1.54) is 14.0 Å². The maximum absolute atomic E-state index is 14.0. The minimum Gasteiger partial charge on any atom is -0.493 e. The Balaban J connectivity index is 1.94. The molecule has 1 fully saturated rings. The number of amides is 2. The number of esters is 1. The fourth-order valence-electron chi connectivity index (χ4n) is 5.40. The second-order valence-electron chi connectivity index (χ2n) is 10.6. The minimum absolute atomic E-state index is 0.146. The topological polar surface area (TPSA) is 113 Å². The highest BCUT2D eigenvalue weighted by molar-refractivity contribution is 6.00. The average Bonchev–Trinajstić information content (AvgIpc) is 2.97. The lowest BCUT2D eigenvalue weighted by Gasteiger charge is -2.46. The van der Waals surface area contributed by atoms with Crippen molar-refractivity contribution in [1.82, 2.24) is 10.2 Å². The van der Waals surface area contributed by atoms with Gasteiger partial charge in [-0.15, -0.1) is 0 Å². The summed E-state index contributed by atoms with van der Waals surface area (Å²) in [7, 11) is 1.31. The third-order valence-electron chi connectivity index (χ3n) is 7.70. The number of ether oxygens (including phenoxy) is 5. The number of benzene rings is 2. The van der Waals surface area contributed by atoms with Crippen LogP contribution in [0.1, 0.15) is 88.0 Å². The van der Waals surface area contributed by atoms with Crippen molar-refractivity contribution in [2.75, 3.05) is 40.1 Å². The number of ketones is 1. The monoisotopic (exact) mass is 598 g/mol. The van der Waals surface area contributed by atoms with Crippen molar-refractivity contribution in [3.63, 3.8) is 0 Å². The second kappa shape index (κ2) is 15.7. The molecule has 2 aromatic rings. The third-order valence-corrected chi connectivity index (χ3v) is 7.70. The molecule has 0 aromatic heterocycles. The molecule has 0 saturated heterocycles. The Morgan fingerprint density at radius 3 is 2.07 bits per heavy atom. The number of rotatable bonds is 16. The maximum Gasteiger partial charge on any atom is 0.331 e. The Morgan fingerprint density at radius 2 is 1.56 bits per heavy atom. The zero-order valence-corrected chi connectivity index (χ0v) is 26.4. The van der Waals surface area contributed by atoms with Crippen molar-refractivity contribution in [3.8, 4) is 11.5 Å². The number of carbonyl (C=O) groups is 3. The minimum atomic E-state index is -1.19. The molecule has 43 heavy (non-hydrogen) atoms. The predicted octanol–water partition coefficient (Wildman–Crippen LogP) is 5.65. The molecule has 1 N–H and O–H groups in total. The number of nitrogens with zero attached hydrogens (tertiary/aromatic N) is 1. The molecule has 0 spiro atoms. The van der Waals surface area contributed by atoms with Crippen LogP contribution < -0.4 is 14.8 Å². The van der Waals surface area contributed by atoms with Crippen LogP contribution >= 0.6 is 0 Å². The van der Waals surface area contributed by atoms with Gasteiger partial charge in [-0.1, -0.05) is 30.3 Å². The van der Waals surface area contributed by atoms with Crippen molar-refractivity contribution in [2.24, 2.45) is 0 Å². The maximum atomic E-state index is 14.0. The second-order valence-corrected chi connectivity index (χ2v) is 10.6. The molecule has 1 aliphatic carbocycles. The Kier molecular flexibility index (Phi) is 12.4. The van der Waals surface area contributed by atoms with Gasteiger partial charge >= 0.3 is 12.0 Å². The van der Waals surface area contributed by atoms with E-state index in [-0.39, 0.29) is 31.1 Å². The fraction of sp³-hybridized carbons (Fsp3) is 0.545. The summed E-state index contributed by atoms with van der Waals surface area (Å²) in [5, 5.41) is 2.96. The van der Waals surface area contributed by atoms with Gasteiger partial charge in [0.1, 0.15) is 22.6 Å². The first kappa shape index (κ1) is 33.9. The molecular formula is C33H46N2O8. The Morgan fingerprint density at radius 1 is 0.953 bits per heavy atom. The summed E-state index contributed by atoms with van der Waals surface area (Å²) >= 11 is 0. The van der Waals surface area contributed by atoms with E-state index in [0.29, 0.717) is 55.3 Å². The smallest absolute Gasteiger partial charge is 0.331 e. The van der Waals surface area contributed by atoms with E-state index < -0.39 is 23.6 Å². The lowest BCUT2D eigenvalue weighted by atomic mass is 9.74. The van der Waals surface area contributed by atoms with Gasteiger partial charge in [0.25, 0.3) is 0 Å². The van der Waals surface area contributed by atoms with Crippen molar-refractivity contribution in [1.29, 1.82) is 0 Å². The highest BCUT2D eigenvalue weighted by Crippen LogP contribution is 2.38. The number of nitrogens with one attached hydrogen (secondary N) is 1. The number of hydrogen-bond acceptors (Lipinski definition) is 8. The largest absolute Gasteiger partial charge is 0.493 e. The highest BCUT2D eigenvalue weighted by atomic mass is 16.5. The Labute approximate surface area is 255 Å². The standard InChI is InChI=1S/C33H46N2O8/c1-8-40-27-20-33(21-27,31(37)39-7)34-32(38)35(16-17-43-24(6)25-14-12-11-13-15-25)22(4)26-18-28(41-9-2)30(23(5)36)29(19-26)42-10-3/h11-15,18-19,22,24,27H,8-10,16-17,20-21H2,1-7H3,(H,34,38)/t22?,24-,27?,33?/m0/s1. The first-order valence-electron chi connectivity index (χ1n) is 15.0. The van der Waals surface area contributed by atoms with Crippen molar-refractivity contribution >= 4 is 17.8 Å². The molecule has 1 unspecified atom stereocenters. The van der Waals surface area contributed by atoms with Crippen LogP contribution in [0.5, 0.6) is 11.5 Å². The SMILES string of the molecule is CCOc1cc(C(C)N(CCO[C@@H](C)c2ccccc2)C(=O)NC2(C(=O)OC)CC(OCC)C2)cc(OCC)c1C(C)=O. The van der Waals surface area contributed by atoms with Gasteiger partial charge in [-0.05, 0) is 64.8 Å². The van der Waals surface area contributed by atoms with E-state index in [1.54, 1.807) is 17.0 Å². The van der Waals surface area contributed by atoms with Crippen LogP contribution in [-0.2, 0) is 19.0 Å². The molecule has 1 aliphatic rings. The van der Waals surface area contributed by atoms with E-state index in [1.807, 2.05) is 65.0 Å². The molecule has 2 amide bonds. The van der Waals surface area contributed by atoms with E-state index in [9.17, 15) is 14.4 Å². The molecule has 0 aliphatic heterocycles. The summed E-state index contributed by atoms with van der Waals surface area (Å²) in [5.74, 6) is 0.0858. The normalized spacial score (nSPS) is 19.0.